The molecule has 0 radical (unpaired) electrons. The molecule has 0 saturated carbocycles. The predicted octanol–water partition coefficient (Wildman–Crippen LogP) is 3.32. The monoisotopic (exact) mass is 277 g/mol. The van der Waals surface area contributed by atoms with Gasteiger partial charge in [0.05, 0.1) is 0 Å². The Morgan fingerprint density at radius 2 is 1.85 bits per heavy atom. The third kappa shape index (κ3) is 6.49. The quantitative estimate of drug-likeness (QED) is 0.711. The van der Waals surface area contributed by atoms with Crippen LogP contribution in [-0.2, 0) is 6.54 Å². The first kappa shape index (κ1) is 17.1. The summed E-state index contributed by atoms with van der Waals surface area (Å²) in [5.41, 5.74) is 1.35. The second kappa shape index (κ2) is 9.89. The smallest absolute Gasteiger partial charge is 0.0271 e. The van der Waals surface area contributed by atoms with Crippen molar-refractivity contribution in [1.82, 2.24) is 15.2 Å². The Kier molecular flexibility index (Phi) is 8.47. The summed E-state index contributed by atoms with van der Waals surface area (Å²) in [6.07, 6.45) is 6.26. The Bertz CT molecular complexity index is 337. The van der Waals surface area contributed by atoms with E-state index in [0.29, 0.717) is 12.0 Å². The fraction of sp³-hybridized carbons (Fsp3) is 0.706. The summed E-state index contributed by atoms with van der Waals surface area (Å²) >= 11 is 0. The molecule has 0 saturated heterocycles. The molecule has 0 aromatic carbocycles. The van der Waals surface area contributed by atoms with Crippen LogP contribution in [0.1, 0.15) is 46.1 Å². The highest BCUT2D eigenvalue weighted by atomic mass is 15.2. The largest absolute Gasteiger partial charge is 0.315 e. The molecule has 1 heterocycles. The Morgan fingerprint density at radius 1 is 1.15 bits per heavy atom. The lowest BCUT2D eigenvalue weighted by atomic mass is 10.1. The van der Waals surface area contributed by atoms with Crippen molar-refractivity contribution in [2.24, 2.45) is 5.92 Å². The van der Waals surface area contributed by atoms with Crippen LogP contribution in [0, 0.1) is 5.92 Å². The number of pyridine rings is 1. The van der Waals surface area contributed by atoms with Crippen molar-refractivity contribution in [3.63, 3.8) is 0 Å². The number of aromatic nitrogens is 1. The molecule has 0 fully saturated rings. The van der Waals surface area contributed by atoms with Crippen LogP contribution in [0.2, 0.25) is 0 Å². The van der Waals surface area contributed by atoms with Crippen LogP contribution in [-0.4, -0.2) is 35.6 Å². The van der Waals surface area contributed by atoms with Crippen LogP contribution in [0.15, 0.2) is 24.5 Å². The van der Waals surface area contributed by atoms with E-state index in [1.54, 1.807) is 0 Å². The molecule has 0 aliphatic rings. The Morgan fingerprint density at radius 3 is 2.40 bits per heavy atom. The van der Waals surface area contributed by atoms with Gasteiger partial charge in [0.25, 0.3) is 0 Å². The maximum absolute atomic E-state index is 4.10. The second-order valence-corrected chi connectivity index (χ2v) is 5.91. The maximum Gasteiger partial charge on any atom is 0.0271 e. The Balaban J connectivity index is 2.56. The molecule has 0 spiro atoms. The number of hydrogen-bond donors (Lipinski definition) is 1. The first-order valence-electron chi connectivity index (χ1n) is 8.01. The van der Waals surface area contributed by atoms with Gasteiger partial charge in [-0.25, -0.2) is 0 Å². The minimum Gasteiger partial charge on any atom is -0.315 e. The average Bonchev–Trinajstić information content (AvgIpc) is 2.45. The van der Waals surface area contributed by atoms with E-state index in [1.807, 2.05) is 12.4 Å². The van der Waals surface area contributed by atoms with Crippen molar-refractivity contribution in [2.45, 2.75) is 53.1 Å². The molecule has 1 atom stereocenters. The molecule has 0 bridgehead atoms. The van der Waals surface area contributed by atoms with Crippen molar-refractivity contribution in [3.8, 4) is 0 Å². The molecule has 1 rings (SSSR count). The van der Waals surface area contributed by atoms with Crippen molar-refractivity contribution < 1.29 is 0 Å². The molecule has 0 aliphatic carbocycles. The number of nitrogens with one attached hydrogen (secondary N) is 1. The van der Waals surface area contributed by atoms with E-state index in [1.165, 1.54) is 18.4 Å². The van der Waals surface area contributed by atoms with Crippen molar-refractivity contribution in [2.75, 3.05) is 19.6 Å². The summed E-state index contributed by atoms with van der Waals surface area (Å²) in [6, 6.07) is 4.86. The fourth-order valence-corrected chi connectivity index (χ4v) is 2.51. The van der Waals surface area contributed by atoms with Gasteiger partial charge < -0.3 is 5.32 Å². The van der Waals surface area contributed by atoms with Gasteiger partial charge in [-0.2, -0.15) is 0 Å². The lowest BCUT2D eigenvalue weighted by Gasteiger charge is -2.31. The molecule has 3 nitrogen and oxygen atoms in total. The molecule has 1 N–H and O–H groups in total. The Hall–Kier alpha value is -0.930. The zero-order valence-electron chi connectivity index (χ0n) is 13.6. The molecular weight excluding hydrogens is 246 g/mol. The van der Waals surface area contributed by atoms with E-state index in [9.17, 15) is 0 Å². The van der Waals surface area contributed by atoms with Gasteiger partial charge >= 0.3 is 0 Å². The normalized spacial score (nSPS) is 13.1. The van der Waals surface area contributed by atoms with E-state index < -0.39 is 0 Å². The lowest BCUT2D eigenvalue weighted by Crippen LogP contribution is -2.42. The molecule has 1 aromatic rings. The summed E-state index contributed by atoms with van der Waals surface area (Å²) in [6.45, 7) is 13.4. The zero-order valence-corrected chi connectivity index (χ0v) is 13.6. The Labute approximate surface area is 124 Å². The number of nitrogens with zero attached hydrogens (tertiary/aromatic N) is 2. The number of hydrogen-bond acceptors (Lipinski definition) is 3. The summed E-state index contributed by atoms with van der Waals surface area (Å²) in [5.74, 6) is 0.715. The van der Waals surface area contributed by atoms with E-state index in [-0.39, 0.29) is 0 Å². The average molecular weight is 277 g/mol. The van der Waals surface area contributed by atoms with Gasteiger partial charge in [0.1, 0.15) is 0 Å². The molecule has 1 unspecified atom stereocenters. The molecule has 20 heavy (non-hydrogen) atoms. The topological polar surface area (TPSA) is 28.2 Å². The fourth-order valence-electron chi connectivity index (χ4n) is 2.51. The first-order chi connectivity index (χ1) is 9.67. The first-order valence-corrected chi connectivity index (χ1v) is 8.01. The molecular formula is C17H31N3. The number of rotatable bonds is 10. The van der Waals surface area contributed by atoms with Crippen LogP contribution in [0.25, 0.3) is 0 Å². The SMILES string of the molecule is CCCC(CNCC(C)C)N(CC)Cc1ccncc1. The standard InChI is InChI=1S/C17H31N3/c1-5-7-17(13-19-12-15(3)4)20(6-2)14-16-8-10-18-11-9-16/h8-11,15,17,19H,5-7,12-14H2,1-4H3. The van der Waals surface area contributed by atoms with Gasteiger partial charge in [0.2, 0.25) is 0 Å². The summed E-state index contributed by atoms with van der Waals surface area (Å²) in [7, 11) is 0. The zero-order chi connectivity index (χ0) is 14.8. The van der Waals surface area contributed by atoms with E-state index >= 15 is 0 Å². The number of likely N-dealkylation sites (N-methyl/N-ethyl adjacent to an activating group) is 1. The van der Waals surface area contributed by atoms with Gasteiger partial charge in [0.15, 0.2) is 0 Å². The van der Waals surface area contributed by atoms with Crippen LogP contribution in [0.3, 0.4) is 0 Å². The second-order valence-electron chi connectivity index (χ2n) is 5.91. The predicted molar refractivity (Wildman–Crippen MR) is 86.7 cm³/mol. The van der Waals surface area contributed by atoms with E-state index in [4.69, 9.17) is 0 Å². The van der Waals surface area contributed by atoms with Crippen LogP contribution in [0.5, 0.6) is 0 Å². The minimum atomic E-state index is 0.622. The van der Waals surface area contributed by atoms with Crippen molar-refractivity contribution in [1.29, 1.82) is 0 Å². The third-order valence-corrected chi connectivity index (χ3v) is 3.61. The van der Waals surface area contributed by atoms with E-state index in [2.05, 4.69) is 55.0 Å². The van der Waals surface area contributed by atoms with Crippen LogP contribution in [0.4, 0.5) is 0 Å². The molecule has 114 valence electrons. The van der Waals surface area contributed by atoms with Gasteiger partial charge in [-0.05, 0) is 43.1 Å². The van der Waals surface area contributed by atoms with Gasteiger partial charge in [0, 0.05) is 31.5 Å². The minimum absolute atomic E-state index is 0.622. The summed E-state index contributed by atoms with van der Waals surface area (Å²) in [4.78, 5) is 6.67. The summed E-state index contributed by atoms with van der Waals surface area (Å²) in [5, 5.41) is 3.62. The summed E-state index contributed by atoms with van der Waals surface area (Å²) < 4.78 is 0. The molecule has 3 heteroatoms. The van der Waals surface area contributed by atoms with E-state index in [0.717, 1.165) is 26.2 Å². The van der Waals surface area contributed by atoms with Gasteiger partial charge in [-0.1, -0.05) is 34.1 Å². The molecule has 0 aliphatic heterocycles. The van der Waals surface area contributed by atoms with Gasteiger partial charge in [-0.3, -0.25) is 9.88 Å². The van der Waals surface area contributed by atoms with Crippen molar-refractivity contribution >= 4 is 0 Å². The molecule has 1 aromatic heterocycles. The van der Waals surface area contributed by atoms with Crippen LogP contribution >= 0.6 is 0 Å². The lowest BCUT2D eigenvalue weighted by molar-refractivity contribution is 0.181. The van der Waals surface area contributed by atoms with Crippen molar-refractivity contribution in [3.05, 3.63) is 30.1 Å². The highest BCUT2D eigenvalue weighted by molar-refractivity contribution is 5.09. The van der Waals surface area contributed by atoms with Gasteiger partial charge in [-0.15, -0.1) is 0 Å². The molecule has 0 amide bonds. The third-order valence-electron chi connectivity index (χ3n) is 3.61. The highest BCUT2D eigenvalue weighted by Gasteiger charge is 2.16. The maximum atomic E-state index is 4.10. The highest BCUT2D eigenvalue weighted by Crippen LogP contribution is 2.11. The van der Waals surface area contributed by atoms with Crippen LogP contribution < -0.4 is 5.32 Å².